The molecule has 174 valence electrons. The summed E-state index contributed by atoms with van der Waals surface area (Å²) in [6, 6.07) is 9.43. The normalized spacial score (nSPS) is 30.1. The summed E-state index contributed by atoms with van der Waals surface area (Å²) in [5.41, 5.74) is -0.414. The first kappa shape index (κ1) is 24.6. The number of nitrogens with one attached hydrogen (secondary N) is 1. The zero-order valence-electron chi connectivity index (χ0n) is 18.0. The van der Waals surface area contributed by atoms with Gasteiger partial charge in [-0.25, -0.2) is 13.2 Å². The van der Waals surface area contributed by atoms with Crippen LogP contribution in [0.3, 0.4) is 0 Å². The lowest BCUT2D eigenvalue weighted by Gasteiger charge is -2.48. The molecule has 8 heteroatoms. The highest BCUT2D eigenvalue weighted by Crippen LogP contribution is 2.42. The van der Waals surface area contributed by atoms with Gasteiger partial charge < -0.3 is 15.3 Å². The molecule has 2 unspecified atom stereocenters. The second kappa shape index (κ2) is 9.41. The summed E-state index contributed by atoms with van der Waals surface area (Å²) in [6.07, 6.45) is 0. The van der Waals surface area contributed by atoms with Gasteiger partial charge in [-0.3, -0.25) is 4.79 Å². The second-order valence-corrected chi connectivity index (χ2v) is 8.92. The smallest absolute Gasteiger partial charge is 0.227 e. The maximum Gasteiger partial charge on any atom is 0.227 e. The number of likely N-dealkylation sites (tertiary alicyclic amines) is 1. The molecule has 2 heterocycles. The second-order valence-electron chi connectivity index (χ2n) is 8.92. The lowest BCUT2D eigenvalue weighted by molar-refractivity contribution is -0.152. The van der Waals surface area contributed by atoms with Gasteiger partial charge >= 0.3 is 0 Å². The molecular weight excluding hydrogens is 441 g/mol. The van der Waals surface area contributed by atoms with Crippen molar-refractivity contribution >= 4 is 18.3 Å². The van der Waals surface area contributed by atoms with Gasteiger partial charge in [0.2, 0.25) is 5.91 Å². The van der Waals surface area contributed by atoms with Gasteiger partial charge in [0, 0.05) is 50.0 Å². The molecule has 2 aliphatic heterocycles. The molecule has 0 spiro atoms. The number of hydrogen-bond donors (Lipinski definition) is 2. The third-order valence-electron chi connectivity index (χ3n) is 6.98. The summed E-state index contributed by atoms with van der Waals surface area (Å²) in [5.74, 6) is -3.32. The van der Waals surface area contributed by atoms with E-state index in [0.29, 0.717) is 37.3 Å². The summed E-state index contributed by atoms with van der Waals surface area (Å²) in [5, 5.41) is 14.6. The van der Waals surface area contributed by atoms with E-state index < -0.39 is 29.0 Å². The first-order valence-electron chi connectivity index (χ1n) is 10.6. The lowest BCUT2D eigenvalue weighted by Crippen LogP contribution is -2.57. The van der Waals surface area contributed by atoms with Crippen molar-refractivity contribution in [1.29, 1.82) is 0 Å². The molecule has 0 saturated carbocycles. The summed E-state index contributed by atoms with van der Waals surface area (Å²) in [6.45, 7) is 5.17. The van der Waals surface area contributed by atoms with E-state index in [9.17, 15) is 23.1 Å². The third-order valence-corrected chi connectivity index (χ3v) is 6.98. The van der Waals surface area contributed by atoms with Crippen molar-refractivity contribution in [1.82, 2.24) is 10.2 Å². The number of benzene rings is 2. The highest BCUT2D eigenvalue weighted by molar-refractivity contribution is 5.85. The molecule has 0 radical (unpaired) electrons. The van der Waals surface area contributed by atoms with Crippen LogP contribution in [0.4, 0.5) is 13.2 Å². The Morgan fingerprint density at radius 2 is 1.69 bits per heavy atom. The Hall–Kier alpha value is -2.09. The van der Waals surface area contributed by atoms with E-state index in [1.807, 2.05) is 13.8 Å². The minimum atomic E-state index is -1.25. The highest BCUT2D eigenvalue weighted by Gasteiger charge is 2.48. The fourth-order valence-corrected chi connectivity index (χ4v) is 5.29. The number of amides is 1. The number of carbonyl (C=O) groups excluding carboxylic acids is 1. The fraction of sp³-hybridized carbons (Fsp3) is 0.458. The van der Waals surface area contributed by atoms with Crippen LogP contribution < -0.4 is 5.32 Å². The van der Waals surface area contributed by atoms with E-state index in [0.717, 1.165) is 6.07 Å². The fourth-order valence-electron chi connectivity index (χ4n) is 5.29. The Morgan fingerprint density at radius 3 is 2.31 bits per heavy atom. The van der Waals surface area contributed by atoms with Crippen LogP contribution in [0, 0.1) is 35.2 Å². The number of carbonyl (C=O) groups is 1. The Morgan fingerprint density at radius 1 is 1.03 bits per heavy atom. The Kier molecular flexibility index (Phi) is 7.22. The number of halogens is 4. The minimum Gasteiger partial charge on any atom is -0.384 e. The van der Waals surface area contributed by atoms with Crippen molar-refractivity contribution in [2.75, 3.05) is 26.2 Å². The number of aliphatic hydroxyl groups is 1. The van der Waals surface area contributed by atoms with Crippen molar-refractivity contribution in [3.63, 3.8) is 0 Å². The van der Waals surface area contributed by atoms with E-state index in [-0.39, 0.29) is 36.1 Å². The van der Waals surface area contributed by atoms with Crippen LogP contribution in [0.25, 0.3) is 0 Å². The van der Waals surface area contributed by atoms with Gasteiger partial charge in [-0.2, -0.15) is 0 Å². The van der Waals surface area contributed by atoms with Gasteiger partial charge in [-0.1, -0.05) is 32.0 Å². The minimum absolute atomic E-state index is 0. The van der Waals surface area contributed by atoms with E-state index >= 15 is 0 Å². The highest BCUT2D eigenvalue weighted by atomic mass is 35.5. The van der Waals surface area contributed by atoms with Crippen LogP contribution >= 0.6 is 12.4 Å². The zero-order valence-corrected chi connectivity index (χ0v) is 18.8. The Balaban J connectivity index is 0.00000289. The van der Waals surface area contributed by atoms with Crippen molar-refractivity contribution in [2.45, 2.75) is 25.4 Å². The summed E-state index contributed by atoms with van der Waals surface area (Å²) in [4.78, 5) is 15.1. The molecule has 2 N–H and O–H groups in total. The molecule has 4 rings (SSSR count). The number of nitrogens with zero attached hydrogens (tertiary/aromatic N) is 1. The van der Waals surface area contributed by atoms with Gasteiger partial charge in [0.25, 0.3) is 0 Å². The molecule has 1 amide bonds. The van der Waals surface area contributed by atoms with Crippen LogP contribution in [0.1, 0.15) is 30.9 Å². The monoisotopic (exact) mass is 468 g/mol. The van der Waals surface area contributed by atoms with Crippen molar-refractivity contribution in [2.24, 2.45) is 17.8 Å². The number of rotatable bonds is 3. The molecule has 2 aromatic carbocycles. The van der Waals surface area contributed by atoms with Crippen molar-refractivity contribution in [3.05, 3.63) is 71.0 Å². The van der Waals surface area contributed by atoms with Gasteiger partial charge in [0.15, 0.2) is 0 Å². The first-order chi connectivity index (χ1) is 14.7. The van der Waals surface area contributed by atoms with Crippen LogP contribution in [0.2, 0.25) is 0 Å². The van der Waals surface area contributed by atoms with Gasteiger partial charge in [0.1, 0.15) is 17.5 Å². The quantitative estimate of drug-likeness (QED) is 0.720. The standard InChI is InChI=1S/C24H27F3N2O2.ClH/c1-14-12-29(13-15(2)24(14,31)16-4-3-5-17(25)8-16)23(30)21-11-28-10-20(21)19-7-6-18(26)9-22(19)27;/h3-9,14-15,20-21,28,31H,10-13H2,1-2H3;1H/t14?,15?,20-,21+,24?;/m0./s1. The Bertz CT molecular complexity index is 977. The average Bonchev–Trinajstić information content (AvgIpc) is 3.20. The van der Waals surface area contributed by atoms with Gasteiger partial charge in [-0.05, 0) is 29.3 Å². The van der Waals surface area contributed by atoms with Gasteiger partial charge in [0.05, 0.1) is 11.5 Å². The van der Waals surface area contributed by atoms with Crippen LogP contribution in [-0.2, 0) is 10.4 Å². The van der Waals surface area contributed by atoms with E-state index in [1.165, 1.54) is 24.3 Å². The molecule has 0 bridgehead atoms. The van der Waals surface area contributed by atoms with Crippen molar-refractivity contribution in [3.8, 4) is 0 Å². The lowest BCUT2D eigenvalue weighted by atomic mass is 9.70. The largest absolute Gasteiger partial charge is 0.384 e. The van der Waals surface area contributed by atoms with Crippen molar-refractivity contribution < 1.29 is 23.1 Å². The zero-order chi connectivity index (χ0) is 22.3. The molecular formula is C24H28ClF3N2O2. The third kappa shape index (κ3) is 4.26. The summed E-state index contributed by atoms with van der Waals surface area (Å²) < 4.78 is 41.5. The first-order valence-corrected chi connectivity index (χ1v) is 10.6. The number of hydrogen-bond acceptors (Lipinski definition) is 3. The van der Waals surface area contributed by atoms with E-state index in [1.54, 1.807) is 17.0 Å². The van der Waals surface area contributed by atoms with Gasteiger partial charge in [-0.15, -0.1) is 12.4 Å². The average molecular weight is 469 g/mol. The predicted molar refractivity (Wildman–Crippen MR) is 118 cm³/mol. The van der Waals surface area contributed by atoms with Crippen LogP contribution in [0.5, 0.6) is 0 Å². The predicted octanol–water partition coefficient (Wildman–Crippen LogP) is 3.83. The molecule has 0 aliphatic carbocycles. The molecule has 4 nitrogen and oxygen atoms in total. The topological polar surface area (TPSA) is 52.6 Å². The van der Waals surface area contributed by atoms with Crippen LogP contribution in [0.15, 0.2) is 42.5 Å². The van der Waals surface area contributed by atoms with E-state index in [4.69, 9.17) is 0 Å². The maximum atomic E-state index is 14.4. The molecule has 2 aliphatic rings. The molecule has 4 atom stereocenters. The maximum absolute atomic E-state index is 14.4. The number of piperidine rings is 1. The van der Waals surface area contributed by atoms with E-state index in [2.05, 4.69) is 5.32 Å². The molecule has 0 aromatic heterocycles. The molecule has 32 heavy (non-hydrogen) atoms. The van der Waals surface area contributed by atoms with Crippen LogP contribution in [-0.4, -0.2) is 42.1 Å². The molecule has 2 fully saturated rings. The SMILES string of the molecule is CC1CN(C(=O)[C@@H]2CNC[C@H]2c2ccc(F)cc2F)CC(C)C1(O)c1cccc(F)c1.Cl. The molecule has 2 aromatic rings. The summed E-state index contributed by atoms with van der Waals surface area (Å²) in [7, 11) is 0. The molecule has 2 saturated heterocycles. The summed E-state index contributed by atoms with van der Waals surface area (Å²) >= 11 is 0. The Labute approximate surface area is 192 Å².